The van der Waals surface area contributed by atoms with Gasteiger partial charge >= 0.3 is 5.97 Å². The molecule has 0 radical (unpaired) electrons. The molecule has 21 nitrogen and oxygen atoms in total. The topological polar surface area (TPSA) is 309 Å². The second-order valence-electron chi connectivity index (χ2n) is 12.3. The molecule has 2 aliphatic rings. The molecule has 0 bridgehead atoms. The summed E-state index contributed by atoms with van der Waals surface area (Å²) < 4.78 is 1.44. The molecule has 24 heteroatoms. The number of benzene rings is 1. The zero-order valence-corrected chi connectivity index (χ0v) is 31.3. The van der Waals surface area contributed by atoms with Crippen molar-refractivity contribution < 1.29 is 49.2 Å². The van der Waals surface area contributed by atoms with Gasteiger partial charge in [-0.15, -0.1) is 40.0 Å². The van der Waals surface area contributed by atoms with Gasteiger partial charge in [-0.3, -0.25) is 34.9 Å². The van der Waals surface area contributed by atoms with Crippen LogP contribution in [0.15, 0.2) is 51.1 Å². The van der Waals surface area contributed by atoms with E-state index < -0.39 is 63.8 Å². The Morgan fingerprint density at radius 1 is 1.13 bits per heavy atom. The molecule has 1 aromatic carbocycles. The highest BCUT2D eigenvalue weighted by Crippen LogP contribution is 2.41. The average molecular weight is 814 g/mol. The van der Waals surface area contributed by atoms with E-state index in [0.717, 1.165) is 28.4 Å². The molecule has 0 spiro atoms. The number of thioether (sulfide) groups is 2. The molecular formula is C31H31N11O10S3. The van der Waals surface area contributed by atoms with E-state index in [4.69, 9.17) is 10.6 Å². The number of aryl methyl sites for hydroxylation is 1. The Balaban J connectivity index is 1.14. The van der Waals surface area contributed by atoms with E-state index >= 15 is 0 Å². The highest BCUT2D eigenvalue weighted by molar-refractivity contribution is 8.01. The van der Waals surface area contributed by atoms with E-state index in [-0.39, 0.29) is 51.8 Å². The van der Waals surface area contributed by atoms with Gasteiger partial charge in [0.25, 0.3) is 29.4 Å². The van der Waals surface area contributed by atoms with E-state index in [1.165, 1.54) is 53.3 Å². The SMILES string of the molecule is Cc1cc(SCC2=C(C(=O)O)N3C(=O)[C@@H](NC(=O)/C(=N/OC(C)(C)C(=O)NNC(=O)c4ccc(O)c(O)c4)c4csc(N)n4)[C@H]3SC2)n2nc(CO)nc2n1. The number of hydrazine groups is 1. The van der Waals surface area contributed by atoms with E-state index in [9.17, 15) is 44.4 Å². The minimum Gasteiger partial charge on any atom is -0.504 e. The first-order chi connectivity index (χ1) is 26.1. The third kappa shape index (κ3) is 7.96. The summed E-state index contributed by atoms with van der Waals surface area (Å²) >= 11 is 3.48. The highest BCUT2D eigenvalue weighted by Gasteiger charge is 2.54. The number of rotatable bonds is 12. The number of phenols is 2. The number of carbonyl (C=O) groups is 5. The Bertz CT molecular complexity index is 2310. The third-order valence-corrected chi connectivity index (χ3v) is 11.0. The van der Waals surface area contributed by atoms with E-state index in [0.29, 0.717) is 16.3 Å². The first-order valence-electron chi connectivity index (χ1n) is 15.9. The molecule has 2 aliphatic heterocycles. The van der Waals surface area contributed by atoms with Crippen LogP contribution in [0.2, 0.25) is 0 Å². The van der Waals surface area contributed by atoms with Crippen molar-refractivity contribution in [2.24, 2.45) is 5.16 Å². The fourth-order valence-corrected chi connectivity index (χ4v) is 8.22. The normalized spacial score (nSPS) is 17.1. The summed E-state index contributed by atoms with van der Waals surface area (Å²) in [5.74, 6) is -4.86. The summed E-state index contributed by atoms with van der Waals surface area (Å²) in [4.78, 5) is 84.1. The average Bonchev–Trinajstić information content (AvgIpc) is 3.77. The molecule has 9 N–H and O–H groups in total. The number of aliphatic hydroxyl groups is 1. The predicted octanol–water partition coefficient (Wildman–Crippen LogP) is -0.134. The van der Waals surface area contributed by atoms with E-state index in [1.807, 2.05) is 0 Å². The molecule has 6 rings (SSSR count). The molecule has 4 amide bonds. The lowest BCUT2D eigenvalue weighted by Gasteiger charge is -2.49. The number of oxime groups is 1. The lowest BCUT2D eigenvalue weighted by atomic mass is 10.0. The Labute approximate surface area is 322 Å². The first-order valence-corrected chi connectivity index (χ1v) is 18.8. The molecule has 0 unspecified atom stereocenters. The van der Waals surface area contributed by atoms with Gasteiger partial charge < -0.3 is 36.3 Å². The van der Waals surface area contributed by atoms with Gasteiger partial charge in [-0.2, -0.15) is 9.50 Å². The maximum Gasteiger partial charge on any atom is 0.352 e. The molecule has 55 heavy (non-hydrogen) atoms. The first kappa shape index (κ1) is 38.7. The van der Waals surface area contributed by atoms with Crippen molar-refractivity contribution in [2.75, 3.05) is 17.2 Å². The monoisotopic (exact) mass is 813 g/mol. The van der Waals surface area contributed by atoms with Crippen molar-refractivity contribution in [1.82, 2.24) is 45.6 Å². The second-order valence-corrected chi connectivity index (χ2v) is 15.3. The molecule has 3 aromatic heterocycles. The van der Waals surface area contributed by atoms with Crippen LogP contribution in [-0.2, 0) is 30.6 Å². The van der Waals surface area contributed by atoms with E-state index in [2.05, 4.69) is 41.4 Å². The second kappa shape index (κ2) is 15.4. The van der Waals surface area contributed by atoms with E-state index in [1.54, 1.807) is 13.0 Å². The Hall–Kier alpha value is -5.98. The largest absolute Gasteiger partial charge is 0.504 e. The molecule has 0 saturated carbocycles. The minimum absolute atomic E-state index is 0.0408. The van der Waals surface area contributed by atoms with Crippen LogP contribution in [0.5, 0.6) is 11.5 Å². The number of carbonyl (C=O) groups excluding carboxylic acids is 4. The fraction of sp³-hybridized carbons (Fsp3) is 0.290. The molecule has 0 aliphatic carbocycles. The third-order valence-electron chi connectivity index (χ3n) is 7.94. The number of β-lactam (4-membered cyclic amide) rings is 1. The van der Waals surface area contributed by atoms with Gasteiger partial charge in [0.1, 0.15) is 34.4 Å². The van der Waals surface area contributed by atoms with Crippen LogP contribution in [0.1, 0.15) is 41.4 Å². The number of fused-ring (bicyclic) bond motifs is 2. The van der Waals surface area contributed by atoms with Crippen molar-refractivity contribution in [3.05, 3.63) is 63.7 Å². The van der Waals surface area contributed by atoms with Crippen molar-refractivity contribution in [3.63, 3.8) is 0 Å². The lowest BCUT2D eigenvalue weighted by Crippen LogP contribution is -2.71. The minimum atomic E-state index is -1.81. The number of aliphatic carboxylic acids is 1. The number of amides is 4. The number of hydrogen-bond donors (Lipinski definition) is 8. The van der Waals surface area contributed by atoms with Gasteiger partial charge in [0, 0.05) is 28.1 Å². The summed E-state index contributed by atoms with van der Waals surface area (Å²) in [6.45, 7) is 3.94. The number of aromatic hydroxyl groups is 2. The maximum absolute atomic E-state index is 13.6. The van der Waals surface area contributed by atoms with Crippen molar-refractivity contribution in [3.8, 4) is 11.5 Å². The number of nitrogens with two attached hydrogens (primary N) is 1. The number of carboxylic acid groups (broad SMARTS) is 1. The van der Waals surface area contributed by atoms with Crippen molar-refractivity contribution >= 4 is 81.1 Å². The zero-order chi connectivity index (χ0) is 39.8. The number of thiazole rings is 1. The number of nitrogens with zero attached hydrogens (tertiary/aromatic N) is 7. The summed E-state index contributed by atoms with van der Waals surface area (Å²) in [5.41, 5.74) is 8.56. The van der Waals surface area contributed by atoms with Gasteiger partial charge in [0.2, 0.25) is 5.60 Å². The fourth-order valence-electron chi connectivity index (χ4n) is 5.13. The lowest BCUT2D eigenvalue weighted by molar-refractivity contribution is -0.150. The molecular weight excluding hydrogens is 783 g/mol. The van der Waals surface area contributed by atoms with Crippen molar-refractivity contribution in [2.45, 2.75) is 49.4 Å². The summed E-state index contributed by atoms with van der Waals surface area (Å²) in [6, 6.07) is 3.85. The predicted molar refractivity (Wildman–Crippen MR) is 195 cm³/mol. The number of nitrogens with one attached hydrogen (secondary N) is 3. The molecule has 1 fully saturated rings. The number of anilines is 1. The van der Waals surface area contributed by atoms with Gasteiger partial charge in [0.15, 0.2) is 28.2 Å². The van der Waals surface area contributed by atoms with Gasteiger partial charge in [0.05, 0.1) is 0 Å². The summed E-state index contributed by atoms with van der Waals surface area (Å²) in [7, 11) is 0. The molecule has 5 heterocycles. The number of phenolic OH excluding ortho intramolecular Hbond substituents is 2. The van der Waals surface area contributed by atoms with Crippen LogP contribution in [0.4, 0.5) is 5.13 Å². The smallest absolute Gasteiger partial charge is 0.352 e. The van der Waals surface area contributed by atoms with Gasteiger partial charge in [-0.1, -0.05) is 5.16 Å². The quantitative estimate of drug-likeness (QED) is 0.0231. The van der Waals surface area contributed by atoms with Crippen LogP contribution in [-0.4, -0.2) is 114 Å². The number of carboxylic acids is 1. The Morgan fingerprint density at radius 3 is 2.56 bits per heavy atom. The standard InChI is InChI=1S/C31H31N11O10S3/c1-12-6-19(42-30(33-12)35-18(8-43)39-42)53-9-14-10-54-26-21(25(48)41(26)22(14)27(49)50)36-24(47)20(15-11-55-29(32)34-15)40-52-31(2,3)28(51)38-37-23(46)13-4-5-16(44)17(45)7-13/h4-7,11,21,26,43-45H,8-10H2,1-3H3,(H2,32,34)(H,36,47)(H,37,46)(H,38,51)(H,49,50)/b40-20+/t21-,26-/m1/s1. The Morgan fingerprint density at radius 2 is 1.89 bits per heavy atom. The molecule has 1 saturated heterocycles. The highest BCUT2D eigenvalue weighted by atomic mass is 32.2. The number of nitrogen functional groups attached to an aromatic ring is 1. The van der Waals surface area contributed by atoms with Crippen LogP contribution in [0.25, 0.3) is 5.78 Å². The van der Waals surface area contributed by atoms with Gasteiger partial charge in [-0.25, -0.2) is 14.8 Å². The molecule has 288 valence electrons. The van der Waals surface area contributed by atoms with Crippen LogP contribution in [0, 0.1) is 6.92 Å². The Kier molecular flexibility index (Phi) is 10.8. The summed E-state index contributed by atoms with van der Waals surface area (Å²) in [5, 5.41) is 50.7. The number of hydrogen-bond acceptors (Lipinski definition) is 18. The molecule has 2 atom stereocenters. The van der Waals surface area contributed by atoms with Gasteiger partial charge in [-0.05, 0) is 50.6 Å². The molecule has 4 aromatic rings. The van der Waals surface area contributed by atoms with Crippen LogP contribution < -0.4 is 21.9 Å². The zero-order valence-electron chi connectivity index (χ0n) is 28.8. The van der Waals surface area contributed by atoms with Crippen LogP contribution in [0.3, 0.4) is 0 Å². The number of aromatic nitrogens is 5. The summed E-state index contributed by atoms with van der Waals surface area (Å²) in [6.07, 6.45) is 0. The maximum atomic E-state index is 13.6. The van der Waals surface area contributed by atoms with Crippen molar-refractivity contribution in [1.29, 1.82) is 0 Å². The van der Waals surface area contributed by atoms with Crippen LogP contribution >= 0.6 is 34.9 Å². The number of aliphatic hydroxyl groups excluding tert-OH is 1.